The van der Waals surface area contributed by atoms with Gasteiger partial charge in [-0.05, 0) is 24.3 Å². The molecule has 8 heteroatoms. The first kappa shape index (κ1) is 18.3. The molecule has 0 radical (unpaired) electrons. The summed E-state index contributed by atoms with van der Waals surface area (Å²) in [7, 11) is 0. The molecule has 0 bridgehead atoms. The number of aliphatic hydroxyl groups excluding tert-OH is 2. The maximum Gasteiger partial charge on any atom is 0.199 e. The minimum Gasteiger partial charge on any atom is -0.390 e. The highest BCUT2D eigenvalue weighted by Gasteiger charge is 2.74. The molecule has 1 saturated heterocycles. The predicted octanol–water partition coefficient (Wildman–Crippen LogP) is 1.89. The van der Waals surface area contributed by atoms with E-state index in [0.29, 0.717) is 16.7 Å². The number of fused-ring (bicyclic) bond motifs is 1. The van der Waals surface area contributed by atoms with Gasteiger partial charge in [0.05, 0.1) is 11.5 Å². The van der Waals surface area contributed by atoms with Crippen molar-refractivity contribution in [2.45, 2.75) is 74.1 Å². The third kappa shape index (κ3) is 2.33. The second kappa shape index (κ2) is 6.15. The van der Waals surface area contributed by atoms with E-state index in [1.54, 1.807) is 4.57 Å². The fraction of sp³-hybridized carbons (Fsp3) is 0.600. The number of aromatic nitrogens is 3. The van der Waals surface area contributed by atoms with Crippen molar-refractivity contribution in [1.82, 2.24) is 14.5 Å². The number of hydrogen-bond acceptors (Lipinski definition) is 6. The molecule has 2 aliphatic carbocycles. The molecule has 7 nitrogen and oxygen atoms in total. The number of nitrogens with zero attached hydrogens (tertiary/aromatic N) is 3. The molecular weight excluding hydrogens is 382 g/mol. The summed E-state index contributed by atoms with van der Waals surface area (Å²) in [5.41, 5.74) is -1.73. The number of hydrogen-bond donors (Lipinski definition) is 3. The lowest BCUT2D eigenvalue weighted by molar-refractivity contribution is -0.0769. The van der Waals surface area contributed by atoms with Crippen molar-refractivity contribution < 1.29 is 20.1 Å². The van der Waals surface area contributed by atoms with Gasteiger partial charge in [-0.2, -0.15) is 0 Å². The fourth-order valence-electron chi connectivity index (χ4n) is 4.93. The third-order valence-electron chi connectivity index (χ3n) is 6.62. The third-order valence-corrected chi connectivity index (χ3v) is 6.91. The van der Waals surface area contributed by atoms with Crippen molar-refractivity contribution in [3.63, 3.8) is 0 Å². The van der Waals surface area contributed by atoms with Gasteiger partial charge in [0, 0.05) is 12.6 Å². The quantitative estimate of drug-likeness (QED) is 0.523. The molecule has 2 saturated carbocycles. The van der Waals surface area contributed by atoms with E-state index < -0.39 is 29.6 Å². The summed E-state index contributed by atoms with van der Waals surface area (Å²) in [5, 5.41) is 32.9. The first-order valence-electron chi connectivity index (χ1n) is 9.67. The zero-order valence-corrected chi connectivity index (χ0v) is 16.0. The average Bonchev–Trinajstić information content (AvgIpc) is 3.11. The van der Waals surface area contributed by atoms with Gasteiger partial charge in [-0.25, -0.2) is 9.97 Å². The molecule has 5 atom stereocenters. The number of aliphatic hydroxyl groups is 3. The molecule has 3 aliphatic rings. The van der Waals surface area contributed by atoms with Gasteiger partial charge in [-0.3, -0.25) is 0 Å². The van der Waals surface area contributed by atoms with Crippen molar-refractivity contribution in [2.24, 2.45) is 0 Å². The molecule has 2 aromatic rings. The smallest absolute Gasteiger partial charge is 0.199 e. The van der Waals surface area contributed by atoms with Crippen LogP contribution in [0.15, 0.2) is 12.5 Å². The van der Waals surface area contributed by atoms with Crippen LogP contribution in [-0.2, 0) is 4.74 Å². The number of ether oxygens (including phenoxy) is 1. The molecule has 0 amide bonds. The Morgan fingerprint density at radius 1 is 1.25 bits per heavy atom. The summed E-state index contributed by atoms with van der Waals surface area (Å²) in [6.45, 7) is 0. The Bertz CT molecular complexity index is 982. The van der Waals surface area contributed by atoms with Crippen molar-refractivity contribution >= 4 is 22.6 Å². The Kier molecular flexibility index (Phi) is 4.03. The van der Waals surface area contributed by atoms with Gasteiger partial charge in [0.2, 0.25) is 0 Å². The van der Waals surface area contributed by atoms with Crippen LogP contribution in [0.3, 0.4) is 0 Å². The molecule has 3 N–H and O–H groups in total. The van der Waals surface area contributed by atoms with Crippen LogP contribution in [0, 0.1) is 12.3 Å². The maximum atomic E-state index is 11.1. The summed E-state index contributed by atoms with van der Waals surface area (Å²) in [6.07, 6.45) is 11.3. The van der Waals surface area contributed by atoms with Crippen molar-refractivity contribution in [3.05, 3.63) is 23.2 Å². The van der Waals surface area contributed by atoms with Crippen LogP contribution in [0.4, 0.5) is 0 Å². The SMILES string of the molecule is C#C[C@@]1(O)[C@H](O)C2(CC2O)O[C@H]1n1cc(C2CCCCC2)c2c(Cl)ncnc21. The van der Waals surface area contributed by atoms with Gasteiger partial charge in [-0.15, -0.1) is 6.42 Å². The highest BCUT2D eigenvalue weighted by Crippen LogP contribution is 2.57. The van der Waals surface area contributed by atoms with Gasteiger partial charge in [0.15, 0.2) is 11.8 Å². The highest BCUT2D eigenvalue weighted by atomic mass is 35.5. The van der Waals surface area contributed by atoms with E-state index in [4.69, 9.17) is 22.8 Å². The Morgan fingerprint density at radius 3 is 2.61 bits per heavy atom. The number of rotatable bonds is 2. The molecule has 3 heterocycles. The second-order valence-electron chi connectivity index (χ2n) is 8.21. The summed E-state index contributed by atoms with van der Waals surface area (Å²) in [5.74, 6) is 2.61. The molecule has 0 aromatic carbocycles. The van der Waals surface area contributed by atoms with Crippen LogP contribution in [-0.4, -0.2) is 53.3 Å². The first-order valence-corrected chi connectivity index (χ1v) is 10.0. The van der Waals surface area contributed by atoms with E-state index in [9.17, 15) is 15.3 Å². The van der Waals surface area contributed by atoms with Crippen molar-refractivity contribution in [3.8, 4) is 12.3 Å². The minimum atomic E-state index is -2.00. The Balaban J connectivity index is 1.67. The Labute approximate surface area is 167 Å². The lowest BCUT2D eigenvalue weighted by Crippen LogP contribution is -2.46. The molecule has 28 heavy (non-hydrogen) atoms. The van der Waals surface area contributed by atoms with Gasteiger partial charge < -0.3 is 24.6 Å². The second-order valence-corrected chi connectivity index (χ2v) is 8.57. The van der Waals surface area contributed by atoms with Crippen LogP contribution < -0.4 is 0 Å². The summed E-state index contributed by atoms with van der Waals surface area (Å²) >= 11 is 6.43. The van der Waals surface area contributed by atoms with Crippen LogP contribution in [0.25, 0.3) is 11.0 Å². The van der Waals surface area contributed by atoms with Crippen LogP contribution >= 0.6 is 11.6 Å². The molecule has 148 valence electrons. The normalized spacial score (nSPS) is 38.2. The molecule has 2 unspecified atom stereocenters. The number of terminal acetylenes is 1. The largest absolute Gasteiger partial charge is 0.390 e. The fourth-order valence-corrected chi connectivity index (χ4v) is 5.17. The van der Waals surface area contributed by atoms with Crippen LogP contribution in [0.2, 0.25) is 5.15 Å². The van der Waals surface area contributed by atoms with E-state index >= 15 is 0 Å². The van der Waals surface area contributed by atoms with Gasteiger partial charge in [0.25, 0.3) is 0 Å². The molecule has 3 fully saturated rings. The van der Waals surface area contributed by atoms with Gasteiger partial charge >= 0.3 is 0 Å². The lowest BCUT2D eigenvalue weighted by Gasteiger charge is -2.26. The van der Waals surface area contributed by atoms with E-state index in [1.807, 2.05) is 6.20 Å². The zero-order valence-electron chi connectivity index (χ0n) is 15.3. The van der Waals surface area contributed by atoms with Crippen molar-refractivity contribution in [1.29, 1.82) is 0 Å². The molecule has 1 aliphatic heterocycles. The van der Waals surface area contributed by atoms with Crippen LogP contribution in [0.5, 0.6) is 0 Å². The lowest BCUT2D eigenvalue weighted by atomic mass is 9.84. The van der Waals surface area contributed by atoms with E-state index in [0.717, 1.165) is 36.6 Å². The topological polar surface area (TPSA) is 101 Å². The maximum absolute atomic E-state index is 11.1. The highest BCUT2D eigenvalue weighted by molar-refractivity contribution is 6.34. The van der Waals surface area contributed by atoms with E-state index in [2.05, 4.69) is 15.9 Å². The average molecular weight is 404 g/mol. The molecule has 5 rings (SSSR count). The van der Waals surface area contributed by atoms with Crippen molar-refractivity contribution in [2.75, 3.05) is 0 Å². The number of halogens is 1. The predicted molar refractivity (Wildman–Crippen MR) is 102 cm³/mol. The first-order chi connectivity index (χ1) is 13.4. The van der Waals surface area contributed by atoms with Gasteiger partial charge in [0.1, 0.15) is 28.8 Å². The molecule has 1 spiro atoms. The standard InChI is InChI=1S/C20H22ClN3O4/c1-2-19(27)17(26)20(8-13(20)25)28-18(19)24-9-12(11-6-4-3-5-7-11)14-15(21)22-10-23-16(14)24/h1,9-11,13,17-18,25-27H,3-8H2/t13?,17-,18+,19+,20?/m0/s1. The minimum absolute atomic E-state index is 0.221. The van der Waals surface area contributed by atoms with Gasteiger partial charge in [-0.1, -0.05) is 36.8 Å². The van der Waals surface area contributed by atoms with Crippen LogP contribution in [0.1, 0.15) is 56.2 Å². The molecular formula is C20H22ClN3O4. The zero-order chi connectivity index (χ0) is 19.7. The summed E-state index contributed by atoms with van der Waals surface area (Å²) < 4.78 is 7.64. The summed E-state index contributed by atoms with van der Waals surface area (Å²) in [6, 6.07) is 0. The van der Waals surface area contributed by atoms with E-state index in [1.165, 1.54) is 12.7 Å². The Morgan fingerprint density at radius 2 is 1.96 bits per heavy atom. The molecule has 2 aromatic heterocycles. The Hall–Kier alpha value is -1.69. The monoisotopic (exact) mass is 403 g/mol. The summed E-state index contributed by atoms with van der Waals surface area (Å²) in [4.78, 5) is 8.51. The van der Waals surface area contributed by atoms with E-state index in [-0.39, 0.29) is 6.42 Å².